The van der Waals surface area contributed by atoms with Crippen LogP contribution >= 0.6 is 11.8 Å². The van der Waals surface area contributed by atoms with E-state index in [1.165, 1.54) is 17.8 Å². The monoisotopic (exact) mass is 275 g/mol. The smallest absolute Gasteiger partial charge is 0.324 e. The van der Waals surface area contributed by atoms with Crippen molar-refractivity contribution in [2.75, 3.05) is 5.32 Å². The van der Waals surface area contributed by atoms with Crippen molar-refractivity contribution in [3.63, 3.8) is 0 Å². The van der Waals surface area contributed by atoms with Crippen LogP contribution in [0.25, 0.3) is 0 Å². The molecule has 0 aliphatic carbocycles. The number of benzene rings is 1. The Hall–Kier alpha value is -1.17. The molecule has 2 nitrogen and oxygen atoms in total. The number of hydrogen-bond acceptors (Lipinski definition) is 2. The van der Waals surface area contributed by atoms with E-state index in [1.54, 1.807) is 0 Å². The van der Waals surface area contributed by atoms with Gasteiger partial charge in [-0.1, -0.05) is 13.3 Å². The number of alkyl halides is 3. The number of rotatable bonds is 2. The summed E-state index contributed by atoms with van der Waals surface area (Å²) in [7, 11) is 0. The average Bonchev–Trinajstić information content (AvgIpc) is 2.28. The number of carbonyl (C=O) groups excluding carboxylic acids is 1. The standard InChI is InChI=1S/C12H12F3NOS/c1-2-3-10-11(17)16-8-6-7(12(13,14)15)4-5-9(8)18-10/h4-6,10H,2-3H2,1H3,(H,16,17). The zero-order valence-electron chi connectivity index (χ0n) is 9.67. The normalized spacial score (nSPS) is 19.3. The molecule has 0 fully saturated rings. The molecule has 1 heterocycles. The molecular formula is C12H12F3NOS. The fraction of sp³-hybridized carbons (Fsp3) is 0.417. The summed E-state index contributed by atoms with van der Waals surface area (Å²) in [6.07, 6.45) is -2.80. The van der Waals surface area contributed by atoms with E-state index < -0.39 is 11.7 Å². The highest BCUT2D eigenvalue weighted by Gasteiger charge is 2.33. The predicted molar refractivity (Wildman–Crippen MR) is 64.6 cm³/mol. The summed E-state index contributed by atoms with van der Waals surface area (Å²) in [5.74, 6) is -0.214. The number of nitrogens with one attached hydrogen (secondary N) is 1. The van der Waals surface area contributed by atoms with Crippen LogP contribution in [0, 0.1) is 0 Å². The molecule has 1 N–H and O–H groups in total. The number of amides is 1. The van der Waals surface area contributed by atoms with Crippen LogP contribution in [0.1, 0.15) is 25.3 Å². The van der Waals surface area contributed by atoms with E-state index in [0.717, 1.165) is 25.0 Å². The third kappa shape index (κ3) is 2.63. The molecule has 1 aliphatic heterocycles. The van der Waals surface area contributed by atoms with Crippen LogP contribution in [0.4, 0.5) is 18.9 Å². The van der Waals surface area contributed by atoms with Gasteiger partial charge >= 0.3 is 6.18 Å². The van der Waals surface area contributed by atoms with Gasteiger partial charge in [-0.15, -0.1) is 11.8 Å². The first-order valence-corrected chi connectivity index (χ1v) is 6.48. The Bertz CT molecular complexity index is 473. The maximum absolute atomic E-state index is 12.5. The second kappa shape index (κ2) is 4.84. The molecule has 2 rings (SSSR count). The Balaban J connectivity index is 2.29. The molecule has 0 saturated heterocycles. The second-order valence-electron chi connectivity index (χ2n) is 4.09. The van der Waals surface area contributed by atoms with E-state index in [2.05, 4.69) is 5.32 Å². The third-order valence-electron chi connectivity index (χ3n) is 2.68. The first-order valence-electron chi connectivity index (χ1n) is 5.60. The number of hydrogen-bond donors (Lipinski definition) is 1. The summed E-state index contributed by atoms with van der Waals surface area (Å²) in [6, 6.07) is 3.46. The van der Waals surface area contributed by atoms with Crippen LogP contribution in [-0.2, 0) is 11.0 Å². The SMILES string of the molecule is CCCC1Sc2ccc(C(F)(F)F)cc2NC1=O. The first kappa shape index (κ1) is 13.3. The highest BCUT2D eigenvalue weighted by Crippen LogP contribution is 2.40. The molecule has 1 aromatic rings. The van der Waals surface area contributed by atoms with Gasteiger partial charge in [0.1, 0.15) is 0 Å². The minimum Gasteiger partial charge on any atom is -0.324 e. The molecule has 0 bridgehead atoms. The van der Waals surface area contributed by atoms with E-state index in [1.807, 2.05) is 6.92 Å². The summed E-state index contributed by atoms with van der Waals surface area (Å²) in [4.78, 5) is 12.4. The van der Waals surface area contributed by atoms with E-state index in [0.29, 0.717) is 4.90 Å². The maximum Gasteiger partial charge on any atom is 0.416 e. The lowest BCUT2D eigenvalue weighted by atomic mass is 10.1. The van der Waals surface area contributed by atoms with Gasteiger partial charge in [0.05, 0.1) is 16.5 Å². The molecule has 1 amide bonds. The van der Waals surface area contributed by atoms with Crippen LogP contribution in [0.5, 0.6) is 0 Å². The van der Waals surface area contributed by atoms with Crippen molar-refractivity contribution in [1.82, 2.24) is 0 Å². The van der Waals surface area contributed by atoms with Gasteiger partial charge in [-0.2, -0.15) is 13.2 Å². The molecule has 1 unspecified atom stereocenters. The molecule has 1 aliphatic rings. The molecule has 0 radical (unpaired) electrons. The molecule has 0 spiro atoms. The maximum atomic E-state index is 12.5. The van der Waals surface area contributed by atoms with Gasteiger partial charge in [0.2, 0.25) is 5.91 Å². The van der Waals surface area contributed by atoms with E-state index in [9.17, 15) is 18.0 Å². The molecule has 18 heavy (non-hydrogen) atoms. The summed E-state index contributed by atoms with van der Waals surface area (Å²) in [6.45, 7) is 1.97. The fourth-order valence-corrected chi connectivity index (χ4v) is 2.99. The molecule has 98 valence electrons. The molecular weight excluding hydrogens is 263 g/mol. The largest absolute Gasteiger partial charge is 0.416 e. The van der Waals surface area contributed by atoms with Crippen molar-refractivity contribution >= 4 is 23.4 Å². The van der Waals surface area contributed by atoms with Gasteiger partial charge in [-0.05, 0) is 24.6 Å². The molecule has 1 aromatic carbocycles. The second-order valence-corrected chi connectivity index (χ2v) is 5.34. The average molecular weight is 275 g/mol. The van der Waals surface area contributed by atoms with Crippen molar-refractivity contribution in [1.29, 1.82) is 0 Å². The van der Waals surface area contributed by atoms with Crippen molar-refractivity contribution in [3.05, 3.63) is 23.8 Å². The quantitative estimate of drug-likeness (QED) is 0.886. The first-order chi connectivity index (χ1) is 8.41. The van der Waals surface area contributed by atoms with Crippen molar-refractivity contribution in [3.8, 4) is 0 Å². The lowest BCUT2D eigenvalue weighted by Gasteiger charge is -2.24. The van der Waals surface area contributed by atoms with Crippen LogP contribution < -0.4 is 5.32 Å². The number of carbonyl (C=O) groups is 1. The lowest BCUT2D eigenvalue weighted by Crippen LogP contribution is -2.29. The minimum atomic E-state index is -4.38. The van der Waals surface area contributed by atoms with Crippen molar-refractivity contribution < 1.29 is 18.0 Å². The lowest BCUT2D eigenvalue weighted by molar-refractivity contribution is -0.137. The Morgan fingerprint density at radius 2 is 2.11 bits per heavy atom. The summed E-state index contributed by atoms with van der Waals surface area (Å²) in [5.41, 5.74) is -0.483. The van der Waals surface area contributed by atoms with Gasteiger partial charge in [-0.3, -0.25) is 4.79 Å². The van der Waals surface area contributed by atoms with Gasteiger partial charge in [0.15, 0.2) is 0 Å². The van der Waals surface area contributed by atoms with E-state index in [-0.39, 0.29) is 16.8 Å². The van der Waals surface area contributed by atoms with Crippen LogP contribution in [-0.4, -0.2) is 11.2 Å². The van der Waals surface area contributed by atoms with E-state index >= 15 is 0 Å². The fourth-order valence-electron chi connectivity index (χ4n) is 1.78. The molecule has 6 heteroatoms. The van der Waals surface area contributed by atoms with Crippen LogP contribution in [0.3, 0.4) is 0 Å². The van der Waals surface area contributed by atoms with Gasteiger partial charge < -0.3 is 5.32 Å². The van der Waals surface area contributed by atoms with E-state index in [4.69, 9.17) is 0 Å². The van der Waals surface area contributed by atoms with Gasteiger partial charge in [-0.25, -0.2) is 0 Å². The highest BCUT2D eigenvalue weighted by molar-refractivity contribution is 8.01. The van der Waals surface area contributed by atoms with Crippen molar-refractivity contribution in [2.24, 2.45) is 0 Å². The number of fused-ring (bicyclic) bond motifs is 1. The molecule has 1 atom stereocenters. The van der Waals surface area contributed by atoms with Crippen LogP contribution in [0.15, 0.2) is 23.1 Å². The van der Waals surface area contributed by atoms with Crippen molar-refractivity contribution in [2.45, 2.75) is 36.1 Å². The Kier molecular flexibility index (Phi) is 3.56. The summed E-state index contributed by atoms with van der Waals surface area (Å²) < 4.78 is 37.6. The molecule has 0 saturated carbocycles. The number of thioether (sulfide) groups is 1. The highest BCUT2D eigenvalue weighted by atomic mass is 32.2. The number of anilines is 1. The van der Waals surface area contributed by atoms with Gasteiger partial charge in [0, 0.05) is 4.90 Å². The molecule has 0 aromatic heterocycles. The zero-order chi connectivity index (χ0) is 13.3. The van der Waals surface area contributed by atoms with Crippen LogP contribution in [0.2, 0.25) is 0 Å². The predicted octanol–water partition coefficient (Wildman–Crippen LogP) is 3.92. The van der Waals surface area contributed by atoms with Gasteiger partial charge in [0.25, 0.3) is 0 Å². The summed E-state index contributed by atoms with van der Waals surface area (Å²) >= 11 is 1.33. The zero-order valence-corrected chi connectivity index (χ0v) is 10.5. The Morgan fingerprint density at radius 3 is 2.72 bits per heavy atom. The third-order valence-corrected chi connectivity index (χ3v) is 4.02. The Morgan fingerprint density at radius 1 is 1.39 bits per heavy atom. The summed E-state index contributed by atoms with van der Waals surface area (Å²) in [5, 5.41) is 2.34. The minimum absolute atomic E-state index is 0.209. The Labute approximate surface area is 107 Å². The number of halogens is 3. The topological polar surface area (TPSA) is 29.1 Å².